The number of thiazole rings is 2. The molecule has 61 heavy (non-hydrogen) atoms. The number of allylic oxidation sites excluding steroid dienone is 4. The van der Waals surface area contributed by atoms with E-state index in [2.05, 4.69) is 33.5 Å². The summed E-state index contributed by atoms with van der Waals surface area (Å²) in [5, 5.41) is 21.1. The Hall–Kier alpha value is -6.38. The van der Waals surface area contributed by atoms with Crippen molar-refractivity contribution in [3.63, 3.8) is 0 Å². The normalized spacial score (nSPS) is 13.6. The van der Waals surface area contributed by atoms with Gasteiger partial charge in [-0.1, -0.05) is 12.2 Å². The highest BCUT2D eigenvalue weighted by atomic mass is 32.1. The number of rotatable bonds is 12. The van der Waals surface area contributed by atoms with Crippen LogP contribution in [0.2, 0.25) is 0 Å². The van der Waals surface area contributed by atoms with Gasteiger partial charge in [0.05, 0.1) is 42.7 Å². The maximum absolute atomic E-state index is 12.9. The topological polar surface area (TPSA) is 157 Å². The third kappa shape index (κ3) is 11.1. The molecule has 0 aliphatic heterocycles. The van der Waals surface area contributed by atoms with Crippen molar-refractivity contribution in [2.75, 3.05) is 17.7 Å². The number of carbonyl (C=O) groups is 4. The molecule has 4 heterocycles. The number of hydrogen-bond donors (Lipinski definition) is 3. The standard InChI is InChI=1S/C24H25N3O3S.C23H23N3O3S/c1-16-12-21(22(28)25-19-10-8-18(9-11-19)24(29)30-2)27(13-16)14-20-15-31-23(26-20)17-6-4-3-5-7-17;1-15-11-20(21(27)24-18-9-7-17(8-10-18)23(28)29)26(12-15)13-19-14-30-22(25-19)16-5-3-2-4-6-16/h6,8-13,15H,3-5,7,14H2,1-2H3,(H,25,28);5,7-12,14H,2-4,6,13H2,1H3,(H,24,27)(H,28,29). The predicted molar refractivity (Wildman–Crippen MR) is 241 cm³/mol. The van der Waals surface area contributed by atoms with Gasteiger partial charge in [-0.15, -0.1) is 22.7 Å². The minimum Gasteiger partial charge on any atom is -0.478 e. The second kappa shape index (κ2) is 19.8. The van der Waals surface area contributed by atoms with Crippen LogP contribution in [-0.4, -0.2) is 55.1 Å². The van der Waals surface area contributed by atoms with Gasteiger partial charge in [0.1, 0.15) is 21.4 Å². The molecular weight excluding hydrogens is 809 g/mol. The molecule has 0 spiro atoms. The zero-order valence-corrected chi connectivity index (χ0v) is 36.0. The van der Waals surface area contributed by atoms with Crippen LogP contribution in [0.3, 0.4) is 0 Å². The van der Waals surface area contributed by atoms with Gasteiger partial charge in [-0.05, 0) is 148 Å². The van der Waals surface area contributed by atoms with E-state index in [0.29, 0.717) is 41.4 Å². The first-order chi connectivity index (χ1) is 29.5. The van der Waals surface area contributed by atoms with Crippen LogP contribution in [0.5, 0.6) is 0 Å². The SMILES string of the molecule is COC(=O)c1ccc(NC(=O)c2cc(C)cn2Cc2csc(C3=CCCCC3)n2)cc1.Cc1cc(C(=O)Nc2ccc(C(=O)O)cc2)n(Cc2csc(C3=CCCCC3)n2)c1. The summed E-state index contributed by atoms with van der Waals surface area (Å²) in [6.07, 6.45) is 17.9. The molecule has 0 saturated carbocycles. The number of benzene rings is 2. The van der Waals surface area contributed by atoms with Crippen LogP contribution in [0.4, 0.5) is 11.4 Å². The quantitative estimate of drug-likeness (QED) is 0.103. The molecule has 0 atom stereocenters. The molecule has 2 aromatic carbocycles. The first-order valence-corrected chi connectivity index (χ1v) is 22.0. The number of nitrogens with zero attached hydrogens (tertiary/aromatic N) is 4. The number of carboxylic acids is 1. The minimum absolute atomic E-state index is 0.180. The molecule has 0 saturated heterocycles. The largest absolute Gasteiger partial charge is 0.478 e. The molecule has 4 aromatic heterocycles. The Morgan fingerprint density at radius 2 is 1.11 bits per heavy atom. The van der Waals surface area contributed by atoms with Gasteiger partial charge >= 0.3 is 11.9 Å². The van der Waals surface area contributed by atoms with E-state index in [-0.39, 0.29) is 17.4 Å². The molecule has 2 aliphatic carbocycles. The molecule has 314 valence electrons. The van der Waals surface area contributed by atoms with Crippen molar-refractivity contribution in [2.24, 2.45) is 0 Å². The van der Waals surface area contributed by atoms with Crippen LogP contribution in [0.25, 0.3) is 11.1 Å². The molecule has 2 amide bonds. The number of nitrogens with one attached hydrogen (secondary N) is 2. The Labute approximate surface area is 362 Å². The lowest BCUT2D eigenvalue weighted by atomic mass is 10.0. The highest BCUT2D eigenvalue weighted by molar-refractivity contribution is 7.11. The monoisotopic (exact) mass is 856 g/mol. The van der Waals surface area contributed by atoms with Crippen LogP contribution in [0.1, 0.15) is 126 Å². The minimum atomic E-state index is -0.996. The molecule has 6 aromatic rings. The van der Waals surface area contributed by atoms with Gasteiger partial charge in [-0.2, -0.15) is 0 Å². The Kier molecular flexibility index (Phi) is 13.9. The molecule has 0 bridgehead atoms. The first kappa shape index (κ1) is 42.7. The molecule has 0 unspecified atom stereocenters. The predicted octanol–water partition coefficient (Wildman–Crippen LogP) is 10.5. The third-order valence-electron chi connectivity index (χ3n) is 10.4. The van der Waals surface area contributed by atoms with Crippen LogP contribution < -0.4 is 10.6 Å². The summed E-state index contributed by atoms with van der Waals surface area (Å²) < 4.78 is 8.54. The van der Waals surface area contributed by atoms with Gasteiger partial charge in [0.25, 0.3) is 11.8 Å². The van der Waals surface area contributed by atoms with Crippen LogP contribution in [0.15, 0.2) is 96.0 Å². The number of ether oxygens (including phenoxy) is 1. The summed E-state index contributed by atoms with van der Waals surface area (Å²) in [4.78, 5) is 57.9. The molecule has 0 radical (unpaired) electrons. The molecule has 12 nitrogen and oxygen atoms in total. The van der Waals surface area contributed by atoms with Gasteiger partial charge in [0, 0.05) is 34.5 Å². The van der Waals surface area contributed by atoms with E-state index in [0.717, 1.165) is 58.2 Å². The highest BCUT2D eigenvalue weighted by Gasteiger charge is 2.18. The fraction of sp³-hybridized carbons (Fsp3) is 0.277. The summed E-state index contributed by atoms with van der Waals surface area (Å²) in [6.45, 7) is 4.99. The van der Waals surface area contributed by atoms with E-state index in [9.17, 15) is 19.2 Å². The molecule has 3 N–H and O–H groups in total. The summed E-state index contributed by atoms with van der Waals surface area (Å²) in [6, 6.07) is 16.5. The zero-order chi connectivity index (χ0) is 42.9. The number of aromatic nitrogens is 4. The summed E-state index contributed by atoms with van der Waals surface area (Å²) >= 11 is 3.33. The van der Waals surface area contributed by atoms with Crippen molar-refractivity contribution in [3.8, 4) is 0 Å². The first-order valence-electron chi connectivity index (χ1n) is 20.3. The Bertz CT molecular complexity index is 2590. The number of anilines is 2. The zero-order valence-electron chi connectivity index (χ0n) is 34.4. The number of amides is 2. The highest BCUT2D eigenvalue weighted by Crippen LogP contribution is 2.31. The molecule has 8 rings (SSSR count). The van der Waals surface area contributed by atoms with Crippen LogP contribution >= 0.6 is 22.7 Å². The van der Waals surface area contributed by atoms with E-state index in [4.69, 9.17) is 19.8 Å². The number of methoxy groups -OCH3 is 1. The van der Waals surface area contributed by atoms with E-state index in [1.54, 1.807) is 59.1 Å². The van der Waals surface area contributed by atoms with E-state index in [1.807, 2.05) is 47.5 Å². The third-order valence-corrected chi connectivity index (χ3v) is 12.3. The average molecular weight is 857 g/mol. The van der Waals surface area contributed by atoms with Gasteiger partial charge in [-0.3, -0.25) is 9.59 Å². The number of aryl methyl sites for hydroxylation is 2. The van der Waals surface area contributed by atoms with Gasteiger partial charge in [0.2, 0.25) is 0 Å². The number of aromatic carboxylic acids is 1. The van der Waals surface area contributed by atoms with Crippen molar-refractivity contribution in [1.82, 2.24) is 19.1 Å². The van der Waals surface area contributed by atoms with Gasteiger partial charge in [-0.25, -0.2) is 19.6 Å². The Morgan fingerprint density at radius 3 is 1.51 bits per heavy atom. The molecule has 14 heteroatoms. The van der Waals surface area contributed by atoms with Crippen molar-refractivity contribution in [1.29, 1.82) is 0 Å². The van der Waals surface area contributed by atoms with Crippen LogP contribution in [0, 0.1) is 13.8 Å². The Balaban J connectivity index is 0.000000184. The number of carbonyl (C=O) groups excluding carboxylic acids is 3. The van der Waals surface area contributed by atoms with E-state index in [1.165, 1.54) is 56.1 Å². The maximum atomic E-state index is 12.9. The number of hydrogen-bond acceptors (Lipinski definition) is 9. The lowest BCUT2D eigenvalue weighted by Gasteiger charge is -2.10. The van der Waals surface area contributed by atoms with Crippen molar-refractivity contribution >= 4 is 68.9 Å². The van der Waals surface area contributed by atoms with Gasteiger partial charge in [0.15, 0.2) is 0 Å². The number of carboxylic acid groups (broad SMARTS) is 1. The molecule has 0 fully saturated rings. The van der Waals surface area contributed by atoms with Crippen molar-refractivity contribution in [3.05, 3.63) is 151 Å². The smallest absolute Gasteiger partial charge is 0.337 e. The van der Waals surface area contributed by atoms with Crippen molar-refractivity contribution in [2.45, 2.75) is 78.3 Å². The summed E-state index contributed by atoms with van der Waals surface area (Å²) in [7, 11) is 1.34. The molecular formula is C47H48N6O6S2. The second-order valence-corrected chi connectivity index (χ2v) is 16.9. The average Bonchev–Trinajstić information content (AvgIpc) is 4.10. The Morgan fingerprint density at radius 1 is 0.672 bits per heavy atom. The van der Waals surface area contributed by atoms with Crippen LogP contribution in [-0.2, 0) is 17.8 Å². The summed E-state index contributed by atoms with van der Waals surface area (Å²) in [5.41, 5.74) is 9.48. The lowest BCUT2D eigenvalue weighted by molar-refractivity contribution is 0.0599. The second-order valence-electron chi connectivity index (χ2n) is 15.2. The fourth-order valence-corrected chi connectivity index (χ4v) is 9.08. The lowest BCUT2D eigenvalue weighted by Crippen LogP contribution is -2.17. The summed E-state index contributed by atoms with van der Waals surface area (Å²) in [5.74, 6) is -1.85. The van der Waals surface area contributed by atoms with E-state index >= 15 is 0 Å². The number of esters is 1. The van der Waals surface area contributed by atoms with Crippen molar-refractivity contribution < 1.29 is 29.0 Å². The fourth-order valence-electron chi connectivity index (χ4n) is 7.32. The van der Waals surface area contributed by atoms with E-state index < -0.39 is 11.9 Å². The maximum Gasteiger partial charge on any atom is 0.337 e. The van der Waals surface area contributed by atoms with Gasteiger partial charge < -0.3 is 29.6 Å². The molecule has 2 aliphatic rings.